The van der Waals surface area contributed by atoms with Crippen molar-refractivity contribution < 1.29 is 9.59 Å². The fourth-order valence-corrected chi connectivity index (χ4v) is 3.93. The molecule has 0 aliphatic rings. The number of hydrogen-bond acceptors (Lipinski definition) is 5. The standard InChI is InChI=1S/C15H17NO.C14H16N2O/c1-9(2)15(17)14-10(3)11(4)16-13-8-6-5-7-12(13)14;1-8(2)14(17)12-9(3)10(4)16-11-6-5-7-15-13(11)12/h5-9H,1-4H3;5-8H,1-4H3. The first-order valence-corrected chi connectivity index (χ1v) is 11.7. The summed E-state index contributed by atoms with van der Waals surface area (Å²) in [7, 11) is 0. The maximum atomic E-state index is 12.3. The predicted molar refractivity (Wildman–Crippen MR) is 139 cm³/mol. The molecule has 0 aliphatic heterocycles. The van der Waals surface area contributed by atoms with Crippen molar-refractivity contribution in [1.29, 1.82) is 0 Å². The SMILES string of the molecule is Cc1nc2ccccc2c(C(=O)C(C)C)c1C.Cc1nc2cccnc2c(C(=O)C(C)C)c1C. The number of aryl methyl sites for hydroxylation is 2. The average Bonchev–Trinajstić information content (AvgIpc) is 2.80. The van der Waals surface area contributed by atoms with Crippen LogP contribution in [0.2, 0.25) is 0 Å². The van der Waals surface area contributed by atoms with Crippen molar-refractivity contribution in [2.45, 2.75) is 55.4 Å². The molecule has 1 aromatic carbocycles. The van der Waals surface area contributed by atoms with Gasteiger partial charge in [0.25, 0.3) is 0 Å². The number of pyridine rings is 3. The molecular formula is C29H33N3O2. The van der Waals surface area contributed by atoms with Crippen molar-refractivity contribution in [2.24, 2.45) is 11.8 Å². The van der Waals surface area contributed by atoms with E-state index in [0.29, 0.717) is 5.52 Å². The monoisotopic (exact) mass is 455 g/mol. The number of fused-ring (bicyclic) bond motifs is 2. The maximum absolute atomic E-state index is 12.3. The minimum Gasteiger partial charge on any atom is -0.294 e. The van der Waals surface area contributed by atoms with Gasteiger partial charge in [-0.05, 0) is 57.0 Å². The van der Waals surface area contributed by atoms with Crippen LogP contribution < -0.4 is 0 Å². The number of hydrogen-bond donors (Lipinski definition) is 0. The van der Waals surface area contributed by atoms with Gasteiger partial charge in [0.05, 0.1) is 22.1 Å². The lowest BCUT2D eigenvalue weighted by Crippen LogP contribution is -2.12. The third kappa shape index (κ3) is 4.89. The first-order valence-electron chi connectivity index (χ1n) is 11.7. The summed E-state index contributed by atoms with van der Waals surface area (Å²) in [6.45, 7) is 15.5. The number of aromatic nitrogens is 3. The van der Waals surface area contributed by atoms with E-state index in [4.69, 9.17) is 0 Å². The Bertz CT molecular complexity index is 1280. The molecule has 5 nitrogen and oxygen atoms in total. The summed E-state index contributed by atoms with van der Waals surface area (Å²) in [6.07, 6.45) is 1.70. The molecule has 0 saturated carbocycles. The molecule has 0 spiro atoms. The van der Waals surface area contributed by atoms with E-state index in [-0.39, 0.29) is 23.4 Å². The first kappa shape index (κ1) is 25.2. The van der Waals surface area contributed by atoms with Crippen LogP contribution in [-0.4, -0.2) is 26.5 Å². The van der Waals surface area contributed by atoms with E-state index >= 15 is 0 Å². The Labute approximate surface area is 201 Å². The van der Waals surface area contributed by atoms with E-state index in [1.165, 1.54) is 0 Å². The molecular weight excluding hydrogens is 422 g/mol. The zero-order valence-electron chi connectivity index (χ0n) is 21.4. The minimum absolute atomic E-state index is 0.0129. The quantitative estimate of drug-likeness (QED) is 0.317. The lowest BCUT2D eigenvalue weighted by atomic mass is 9.93. The van der Waals surface area contributed by atoms with Crippen molar-refractivity contribution >= 4 is 33.5 Å². The van der Waals surface area contributed by atoms with Gasteiger partial charge in [-0.2, -0.15) is 0 Å². The van der Waals surface area contributed by atoms with Crippen LogP contribution in [0.25, 0.3) is 21.9 Å². The van der Waals surface area contributed by atoms with Gasteiger partial charge in [0.15, 0.2) is 11.6 Å². The Morgan fingerprint density at radius 1 is 0.676 bits per heavy atom. The van der Waals surface area contributed by atoms with Gasteiger partial charge in [-0.15, -0.1) is 0 Å². The number of benzene rings is 1. The van der Waals surface area contributed by atoms with E-state index in [0.717, 1.165) is 50.1 Å². The van der Waals surface area contributed by atoms with Gasteiger partial charge >= 0.3 is 0 Å². The number of Topliss-reactive ketones (excluding diaryl/α,β-unsaturated/α-hetero) is 2. The second kappa shape index (κ2) is 10.2. The fraction of sp³-hybridized carbons (Fsp3) is 0.345. The van der Waals surface area contributed by atoms with Crippen molar-refractivity contribution in [3.05, 3.63) is 76.2 Å². The normalized spacial score (nSPS) is 11.1. The van der Waals surface area contributed by atoms with E-state index in [1.54, 1.807) is 6.20 Å². The lowest BCUT2D eigenvalue weighted by molar-refractivity contribution is 0.0933. The van der Waals surface area contributed by atoms with Gasteiger partial charge < -0.3 is 0 Å². The van der Waals surface area contributed by atoms with Gasteiger partial charge in [0.1, 0.15) is 0 Å². The van der Waals surface area contributed by atoms with Crippen LogP contribution in [0.4, 0.5) is 0 Å². The lowest BCUT2D eigenvalue weighted by Gasteiger charge is -2.13. The summed E-state index contributed by atoms with van der Waals surface area (Å²) in [6, 6.07) is 11.6. The number of carbonyl (C=O) groups is 2. The van der Waals surface area contributed by atoms with Gasteiger partial charge in [0, 0.05) is 40.4 Å². The molecule has 3 aromatic heterocycles. The predicted octanol–water partition coefficient (Wildman–Crippen LogP) is 6.78. The van der Waals surface area contributed by atoms with Gasteiger partial charge in [-0.1, -0.05) is 45.9 Å². The van der Waals surface area contributed by atoms with Gasteiger partial charge in [-0.25, -0.2) is 0 Å². The maximum Gasteiger partial charge on any atom is 0.167 e. The molecule has 0 bridgehead atoms. The second-order valence-corrected chi connectivity index (χ2v) is 9.32. The molecule has 0 radical (unpaired) electrons. The Morgan fingerprint density at radius 3 is 1.79 bits per heavy atom. The highest BCUT2D eigenvalue weighted by Gasteiger charge is 2.20. The molecule has 0 fully saturated rings. The highest BCUT2D eigenvalue weighted by atomic mass is 16.1. The van der Waals surface area contributed by atoms with Crippen molar-refractivity contribution in [2.75, 3.05) is 0 Å². The molecule has 0 N–H and O–H groups in total. The molecule has 3 heterocycles. The Hall–Kier alpha value is -3.47. The molecule has 4 aromatic rings. The fourth-order valence-electron chi connectivity index (χ4n) is 3.93. The number of carbonyl (C=O) groups excluding carboxylic acids is 2. The molecule has 0 saturated heterocycles. The third-order valence-electron chi connectivity index (χ3n) is 6.15. The summed E-state index contributed by atoms with van der Waals surface area (Å²) in [4.78, 5) is 37.9. The van der Waals surface area contributed by atoms with Gasteiger partial charge in [0.2, 0.25) is 0 Å². The Morgan fingerprint density at radius 2 is 1.18 bits per heavy atom. The average molecular weight is 456 g/mol. The molecule has 0 atom stereocenters. The van der Waals surface area contributed by atoms with E-state index in [2.05, 4.69) is 15.0 Å². The molecule has 5 heteroatoms. The Kier molecular flexibility index (Phi) is 7.55. The van der Waals surface area contributed by atoms with E-state index < -0.39 is 0 Å². The first-order chi connectivity index (χ1) is 16.0. The zero-order valence-corrected chi connectivity index (χ0v) is 21.4. The van der Waals surface area contributed by atoms with Crippen LogP contribution in [0.1, 0.15) is 70.9 Å². The van der Waals surface area contributed by atoms with Crippen LogP contribution >= 0.6 is 0 Å². The summed E-state index contributed by atoms with van der Waals surface area (Å²) in [5.74, 6) is 0.320. The van der Waals surface area contributed by atoms with Crippen LogP contribution in [-0.2, 0) is 0 Å². The molecule has 0 aliphatic carbocycles. The van der Waals surface area contributed by atoms with E-state index in [9.17, 15) is 9.59 Å². The van der Waals surface area contributed by atoms with Crippen LogP contribution in [0.3, 0.4) is 0 Å². The number of nitrogens with zero attached hydrogens (tertiary/aromatic N) is 3. The van der Waals surface area contributed by atoms with Crippen molar-refractivity contribution in [3.8, 4) is 0 Å². The molecule has 176 valence electrons. The van der Waals surface area contributed by atoms with Crippen LogP contribution in [0.5, 0.6) is 0 Å². The van der Waals surface area contributed by atoms with E-state index in [1.807, 2.05) is 91.8 Å². The highest BCUT2D eigenvalue weighted by Crippen LogP contribution is 2.25. The summed E-state index contributed by atoms with van der Waals surface area (Å²) in [5.41, 5.74) is 7.75. The molecule has 0 amide bonds. The second-order valence-electron chi connectivity index (χ2n) is 9.32. The number of ketones is 2. The number of para-hydroxylation sites is 1. The van der Waals surface area contributed by atoms with Crippen molar-refractivity contribution in [3.63, 3.8) is 0 Å². The molecule has 0 unspecified atom stereocenters. The smallest absolute Gasteiger partial charge is 0.167 e. The Balaban J connectivity index is 0.000000191. The summed E-state index contributed by atoms with van der Waals surface area (Å²) < 4.78 is 0. The van der Waals surface area contributed by atoms with Crippen LogP contribution in [0, 0.1) is 39.5 Å². The topological polar surface area (TPSA) is 72.8 Å². The summed E-state index contributed by atoms with van der Waals surface area (Å²) in [5, 5.41) is 0.967. The largest absolute Gasteiger partial charge is 0.294 e. The van der Waals surface area contributed by atoms with Crippen molar-refractivity contribution in [1.82, 2.24) is 15.0 Å². The summed E-state index contributed by atoms with van der Waals surface area (Å²) >= 11 is 0. The highest BCUT2D eigenvalue weighted by molar-refractivity contribution is 6.09. The minimum atomic E-state index is -0.0271. The molecule has 4 rings (SSSR count). The molecule has 34 heavy (non-hydrogen) atoms. The third-order valence-corrected chi connectivity index (χ3v) is 6.15. The van der Waals surface area contributed by atoms with Crippen LogP contribution in [0.15, 0.2) is 42.6 Å². The number of rotatable bonds is 4. The zero-order chi connectivity index (χ0) is 25.2. The van der Waals surface area contributed by atoms with Gasteiger partial charge in [-0.3, -0.25) is 24.5 Å².